The van der Waals surface area contributed by atoms with E-state index in [2.05, 4.69) is 4.74 Å². The van der Waals surface area contributed by atoms with Crippen molar-refractivity contribution in [2.45, 2.75) is 17.6 Å². The Morgan fingerprint density at radius 3 is 2.19 bits per heavy atom. The lowest BCUT2D eigenvalue weighted by Gasteiger charge is -2.15. The van der Waals surface area contributed by atoms with Gasteiger partial charge in [-0.3, -0.25) is 4.79 Å². The number of hydrogen-bond acceptors (Lipinski definition) is 4. The summed E-state index contributed by atoms with van der Waals surface area (Å²) in [5.74, 6) is -2.49. The molecule has 92 valence electrons. The van der Waals surface area contributed by atoms with E-state index in [1.807, 2.05) is 5.32 Å². The van der Waals surface area contributed by atoms with E-state index in [0.29, 0.717) is 0 Å². The van der Waals surface area contributed by atoms with Gasteiger partial charge >= 0.3 is 5.97 Å². The fourth-order valence-corrected chi connectivity index (χ4v) is 1.01. The number of allylic oxidation sites excluding steroid dienone is 1. The van der Waals surface area contributed by atoms with Gasteiger partial charge in [0.1, 0.15) is 0 Å². The summed E-state index contributed by atoms with van der Waals surface area (Å²) in [4.78, 5) is 22.1. The topological polar surface area (TPSA) is 75.6 Å². The zero-order valence-electron chi connectivity index (χ0n) is 8.51. The summed E-state index contributed by atoms with van der Waals surface area (Å²) < 4.78 is 2.36. The van der Waals surface area contributed by atoms with Gasteiger partial charge in [-0.05, 0) is 6.92 Å². The number of carbonyl (C=O) groups is 2. The first-order valence-electron chi connectivity index (χ1n) is 4.15. The predicted octanol–water partition coefficient (Wildman–Crippen LogP) is 1.83. The van der Waals surface area contributed by atoms with Crippen molar-refractivity contribution in [2.75, 3.05) is 6.61 Å². The molecule has 16 heavy (non-hydrogen) atoms. The third kappa shape index (κ3) is 4.92. The normalized spacial score (nSPS) is 12.8. The van der Waals surface area contributed by atoms with Crippen LogP contribution in [0.1, 0.15) is 13.8 Å². The van der Waals surface area contributed by atoms with Gasteiger partial charge < -0.3 is 15.2 Å². The van der Waals surface area contributed by atoms with Crippen LogP contribution in [0.2, 0.25) is 0 Å². The van der Waals surface area contributed by atoms with E-state index in [-0.39, 0.29) is 6.61 Å². The lowest BCUT2D eigenvalue weighted by molar-refractivity contribution is -0.140. The molecule has 0 saturated carbocycles. The van der Waals surface area contributed by atoms with Crippen molar-refractivity contribution in [3.8, 4) is 0 Å². The number of hydrogen-bond donors (Lipinski definition) is 2. The average Bonchev–Trinajstić information content (AvgIpc) is 2.11. The highest BCUT2D eigenvalue weighted by atomic mass is 35.6. The summed E-state index contributed by atoms with van der Waals surface area (Å²) in [7, 11) is 0. The Balaban J connectivity index is 5.22. The van der Waals surface area contributed by atoms with Crippen LogP contribution in [-0.2, 0) is 14.3 Å². The van der Waals surface area contributed by atoms with E-state index < -0.39 is 27.1 Å². The highest BCUT2D eigenvalue weighted by Gasteiger charge is 2.33. The molecule has 1 amide bonds. The molecule has 0 fully saturated rings. The Morgan fingerprint density at radius 2 is 1.88 bits per heavy atom. The molecule has 0 bridgehead atoms. The Bertz CT molecular complexity index is 322. The van der Waals surface area contributed by atoms with Crippen molar-refractivity contribution >= 4 is 46.7 Å². The molecule has 0 aromatic carbocycles. The second kappa shape index (κ2) is 6.18. The van der Waals surface area contributed by atoms with Gasteiger partial charge in [0.15, 0.2) is 11.5 Å². The predicted molar refractivity (Wildman–Crippen MR) is 60.4 cm³/mol. The van der Waals surface area contributed by atoms with E-state index in [1.165, 1.54) is 0 Å². The molecule has 0 aliphatic rings. The second-order valence-electron chi connectivity index (χ2n) is 2.62. The fraction of sp³-hybridized carbons (Fsp3) is 0.500. The van der Waals surface area contributed by atoms with Gasteiger partial charge in [0.05, 0.1) is 6.61 Å². The molecular formula is C8H10Cl3NO4. The summed E-state index contributed by atoms with van der Waals surface area (Å²) in [5.41, 5.74) is -0.589. The van der Waals surface area contributed by atoms with E-state index in [1.54, 1.807) is 6.92 Å². The third-order valence-corrected chi connectivity index (χ3v) is 1.82. The first-order chi connectivity index (χ1) is 7.20. The number of nitrogens with one attached hydrogen (secondary N) is 1. The minimum absolute atomic E-state index is 0.0507. The number of aliphatic hydroxyl groups is 1. The maximum absolute atomic E-state index is 11.3. The summed E-state index contributed by atoms with van der Waals surface area (Å²) in [6.45, 7) is 2.73. The van der Waals surface area contributed by atoms with Crippen molar-refractivity contribution in [1.29, 1.82) is 0 Å². The maximum Gasteiger partial charge on any atom is 0.358 e. The lowest BCUT2D eigenvalue weighted by atomic mass is 10.3. The molecule has 0 rings (SSSR count). The van der Waals surface area contributed by atoms with Crippen molar-refractivity contribution in [1.82, 2.24) is 5.32 Å². The van der Waals surface area contributed by atoms with Crippen LogP contribution in [0, 0.1) is 0 Å². The SMILES string of the molecule is CCOC(=O)C(NC(C)=O)=C(O)C(Cl)(Cl)Cl. The fourth-order valence-electron chi connectivity index (χ4n) is 0.728. The molecule has 0 atom stereocenters. The van der Waals surface area contributed by atoms with Crippen molar-refractivity contribution in [3.63, 3.8) is 0 Å². The van der Waals surface area contributed by atoms with Crippen molar-refractivity contribution < 1.29 is 19.4 Å². The van der Waals surface area contributed by atoms with Crippen LogP contribution in [0.4, 0.5) is 0 Å². The van der Waals surface area contributed by atoms with Gasteiger partial charge in [-0.25, -0.2) is 4.79 Å². The number of esters is 1. The number of carbonyl (C=O) groups excluding carboxylic acids is 2. The van der Waals surface area contributed by atoms with E-state index in [4.69, 9.17) is 34.8 Å². The van der Waals surface area contributed by atoms with Gasteiger partial charge in [0.2, 0.25) is 9.70 Å². The van der Waals surface area contributed by atoms with E-state index in [9.17, 15) is 14.7 Å². The van der Waals surface area contributed by atoms with Crippen molar-refractivity contribution in [2.24, 2.45) is 0 Å². The standard InChI is InChI=1S/C8H10Cl3NO4/c1-3-16-7(15)5(12-4(2)13)6(14)8(9,10)11/h14H,3H2,1-2H3,(H,12,13). The Hall–Kier alpha value is -0.650. The van der Waals surface area contributed by atoms with E-state index >= 15 is 0 Å². The van der Waals surface area contributed by atoms with Gasteiger partial charge in [-0.15, -0.1) is 0 Å². The highest BCUT2D eigenvalue weighted by Crippen LogP contribution is 2.34. The molecule has 5 nitrogen and oxygen atoms in total. The molecule has 0 spiro atoms. The molecule has 0 aromatic rings. The van der Waals surface area contributed by atoms with Gasteiger partial charge in [0.25, 0.3) is 0 Å². The molecule has 0 saturated heterocycles. The third-order valence-electron chi connectivity index (χ3n) is 1.29. The quantitative estimate of drug-likeness (QED) is 0.360. The molecule has 0 heterocycles. The summed E-state index contributed by atoms with van der Waals surface area (Å²) >= 11 is 16.1. The first kappa shape index (κ1) is 15.3. The monoisotopic (exact) mass is 289 g/mol. The summed E-state index contributed by atoms with van der Waals surface area (Å²) in [6, 6.07) is 0. The van der Waals surface area contributed by atoms with Crippen LogP contribution in [0.3, 0.4) is 0 Å². The van der Waals surface area contributed by atoms with Crippen LogP contribution in [0.25, 0.3) is 0 Å². The number of halogens is 3. The molecular weight excluding hydrogens is 280 g/mol. The van der Waals surface area contributed by atoms with Crippen molar-refractivity contribution in [3.05, 3.63) is 11.5 Å². The molecule has 2 N–H and O–H groups in total. The van der Waals surface area contributed by atoms with Gasteiger partial charge in [-0.2, -0.15) is 0 Å². The van der Waals surface area contributed by atoms with Crippen LogP contribution in [-0.4, -0.2) is 27.4 Å². The Kier molecular flexibility index (Phi) is 5.92. The zero-order valence-corrected chi connectivity index (χ0v) is 10.8. The smallest absolute Gasteiger partial charge is 0.358 e. The minimum atomic E-state index is -2.22. The van der Waals surface area contributed by atoms with Gasteiger partial charge in [0, 0.05) is 6.92 Å². The molecule has 0 aliphatic carbocycles. The first-order valence-corrected chi connectivity index (χ1v) is 5.28. The number of rotatable bonds is 3. The largest absolute Gasteiger partial charge is 0.506 e. The number of alkyl halides is 3. The summed E-state index contributed by atoms with van der Waals surface area (Å²) in [5, 5.41) is 11.5. The Labute approximate surface area is 107 Å². The van der Waals surface area contributed by atoms with Crippen LogP contribution in [0.5, 0.6) is 0 Å². The number of ether oxygens (including phenoxy) is 1. The molecule has 0 aromatic heterocycles. The summed E-state index contributed by atoms with van der Waals surface area (Å²) in [6.07, 6.45) is 0. The molecule has 8 heteroatoms. The number of aliphatic hydroxyl groups excluding tert-OH is 1. The highest BCUT2D eigenvalue weighted by molar-refractivity contribution is 6.69. The Morgan fingerprint density at radius 1 is 1.38 bits per heavy atom. The van der Waals surface area contributed by atoms with Crippen LogP contribution in [0.15, 0.2) is 11.5 Å². The van der Waals surface area contributed by atoms with Gasteiger partial charge in [-0.1, -0.05) is 34.8 Å². The zero-order chi connectivity index (χ0) is 12.9. The molecule has 0 unspecified atom stereocenters. The average molecular weight is 291 g/mol. The molecule has 0 radical (unpaired) electrons. The second-order valence-corrected chi connectivity index (χ2v) is 4.90. The van der Waals surface area contributed by atoms with Crippen LogP contribution >= 0.6 is 34.8 Å². The lowest BCUT2D eigenvalue weighted by Crippen LogP contribution is -2.30. The minimum Gasteiger partial charge on any atom is -0.506 e. The molecule has 0 aliphatic heterocycles. The van der Waals surface area contributed by atoms with Crippen LogP contribution < -0.4 is 5.32 Å². The number of amides is 1. The maximum atomic E-state index is 11.3. The van der Waals surface area contributed by atoms with E-state index in [0.717, 1.165) is 6.92 Å².